The molecule has 0 atom stereocenters. The predicted molar refractivity (Wildman–Crippen MR) is 72.5 cm³/mol. The van der Waals surface area contributed by atoms with Gasteiger partial charge >= 0.3 is 0 Å². The second-order valence-corrected chi connectivity index (χ2v) is 4.56. The number of carbonyl (C=O) groups is 2. The molecule has 1 aliphatic heterocycles. The number of para-hydroxylation sites is 1. The zero-order valence-electron chi connectivity index (χ0n) is 10.8. The van der Waals surface area contributed by atoms with Gasteiger partial charge in [-0.3, -0.25) is 9.59 Å². The normalized spacial score (nSPS) is 15.0. The Labute approximate surface area is 116 Å². The van der Waals surface area contributed by atoms with Gasteiger partial charge in [0.15, 0.2) is 5.69 Å². The molecule has 2 amide bonds. The Kier molecular flexibility index (Phi) is 3.20. The van der Waals surface area contributed by atoms with Crippen LogP contribution < -0.4 is 5.32 Å². The summed E-state index contributed by atoms with van der Waals surface area (Å²) in [5, 5.41) is 6.97. The van der Waals surface area contributed by atoms with Crippen LogP contribution >= 0.6 is 0 Å². The van der Waals surface area contributed by atoms with Crippen LogP contribution in [0.1, 0.15) is 10.5 Å². The standard InChI is InChI=1S/C14H14N4O2/c19-13-10-17(9-7-15-13)14(20)12-6-8-18(16-12)11-4-2-1-3-5-11/h1-6,8H,7,9-10H2,(H,15,19). The first kappa shape index (κ1) is 12.4. The van der Waals surface area contributed by atoms with Crippen LogP contribution in [0.4, 0.5) is 0 Å². The zero-order valence-corrected chi connectivity index (χ0v) is 10.8. The number of aromatic nitrogens is 2. The quantitative estimate of drug-likeness (QED) is 0.861. The van der Waals surface area contributed by atoms with Gasteiger partial charge in [-0.25, -0.2) is 4.68 Å². The first-order valence-corrected chi connectivity index (χ1v) is 6.41. The van der Waals surface area contributed by atoms with Gasteiger partial charge in [-0.05, 0) is 18.2 Å². The summed E-state index contributed by atoms with van der Waals surface area (Å²) in [6.45, 7) is 1.10. The molecule has 0 unspecified atom stereocenters. The van der Waals surface area contributed by atoms with Gasteiger partial charge in [-0.15, -0.1) is 0 Å². The van der Waals surface area contributed by atoms with Crippen molar-refractivity contribution in [1.29, 1.82) is 0 Å². The minimum Gasteiger partial charge on any atom is -0.353 e. The lowest BCUT2D eigenvalue weighted by Gasteiger charge is -2.25. The Hall–Kier alpha value is -2.63. The summed E-state index contributed by atoms with van der Waals surface area (Å²) in [6.07, 6.45) is 1.74. The lowest BCUT2D eigenvalue weighted by Crippen LogP contribution is -2.50. The van der Waals surface area contributed by atoms with Crippen LogP contribution in [0.2, 0.25) is 0 Å². The van der Waals surface area contributed by atoms with E-state index in [1.54, 1.807) is 16.9 Å². The van der Waals surface area contributed by atoms with E-state index in [1.165, 1.54) is 4.90 Å². The van der Waals surface area contributed by atoms with E-state index in [4.69, 9.17) is 0 Å². The Morgan fingerprint density at radius 2 is 2.00 bits per heavy atom. The Morgan fingerprint density at radius 1 is 1.20 bits per heavy atom. The average Bonchev–Trinajstić information content (AvgIpc) is 2.97. The molecule has 0 bridgehead atoms. The van der Waals surface area contributed by atoms with Crippen LogP contribution in [0.3, 0.4) is 0 Å². The van der Waals surface area contributed by atoms with E-state index in [0.717, 1.165) is 5.69 Å². The van der Waals surface area contributed by atoms with Crippen molar-refractivity contribution in [3.05, 3.63) is 48.3 Å². The molecule has 0 spiro atoms. The maximum absolute atomic E-state index is 12.3. The number of hydrogen-bond acceptors (Lipinski definition) is 3. The van der Waals surface area contributed by atoms with Crippen molar-refractivity contribution in [2.75, 3.05) is 19.6 Å². The minimum atomic E-state index is -0.213. The van der Waals surface area contributed by atoms with Gasteiger partial charge in [-0.2, -0.15) is 5.10 Å². The SMILES string of the molecule is O=C1CN(C(=O)c2ccn(-c3ccccc3)n2)CCN1. The molecule has 1 fully saturated rings. The van der Waals surface area contributed by atoms with Crippen LogP contribution in [-0.4, -0.2) is 46.1 Å². The molecule has 6 nitrogen and oxygen atoms in total. The van der Waals surface area contributed by atoms with Gasteiger partial charge in [0.1, 0.15) is 0 Å². The highest BCUT2D eigenvalue weighted by Gasteiger charge is 2.23. The van der Waals surface area contributed by atoms with Gasteiger partial charge in [0.2, 0.25) is 5.91 Å². The largest absolute Gasteiger partial charge is 0.353 e. The van der Waals surface area contributed by atoms with E-state index in [-0.39, 0.29) is 18.4 Å². The van der Waals surface area contributed by atoms with E-state index in [9.17, 15) is 9.59 Å². The Morgan fingerprint density at radius 3 is 2.75 bits per heavy atom. The summed E-state index contributed by atoms with van der Waals surface area (Å²) >= 11 is 0. The number of nitrogens with zero attached hydrogens (tertiary/aromatic N) is 3. The Balaban J connectivity index is 1.80. The summed E-state index contributed by atoms with van der Waals surface area (Å²) in [5.74, 6) is -0.346. The van der Waals surface area contributed by atoms with E-state index in [2.05, 4.69) is 10.4 Å². The lowest BCUT2D eigenvalue weighted by atomic mass is 10.3. The Bertz CT molecular complexity index is 636. The number of benzene rings is 1. The molecule has 2 aromatic rings. The highest BCUT2D eigenvalue weighted by atomic mass is 16.2. The van der Waals surface area contributed by atoms with E-state index >= 15 is 0 Å². The molecule has 1 aromatic carbocycles. The fourth-order valence-corrected chi connectivity index (χ4v) is 2.14. The van der Waals surface area contributed by atoms with Gasteiger partial charge in [0.05, 0.1) is 12.2 Å². The topological polar surface area (TPSA) is 67.2 Å². The first-order valence-electron chi connectivity index (χ1n) is 6.41. The van der Waals surface area contributed by atoms with Crippen molar-refractivity contribution in [3.8, 4) is 5.69 Å². The van der Waals surface area contributed by atoms with E-state index in [1.807, 2.05) is 30.3 Å². The number of amides is 2. The number of rotatable bonds is 2. The van der Waals surface area contributed by atoms with Gasteiger partial charge < -0.3 is 10.2 Å². The molecule has 0 aliphatic carbocycles. The average molecular weight is 270 g/mol. The second kappa shape index (κ2) is 5.16. The summed E-state index contributed by atoms with van der Waals surface area (Å²) in [6, 6.07) is 11.2. The molecular formula is C14H14N4O2. The molecule has 1 aliphatic rings. The zero-order chi connectivity index (χ0) is 13.9. The first-order chi connectivity index (χ1) is 9.74. The van der Waals surface area contributed by atoms with Crippen LogP contribution in [0.15, 0.2) is 42.6 Å². The molecule has 6 heteroatoms. The highest BCUT2D eigenvalue weighted by molar-refractivity contribution is 5.95. The fraction of sp³-hybridized carbons (Fsp3) is 0.214. The molecule has 1 saturated heterocycles. The molecule has 1 N–H and O–H groups in total. The van der Waals surface area contributed by atoms with Gasteiger partial charge in [0, 0.05) is 19.3 Å². The van der Waals surface area contributed by atoms with Crippen molar-refractivity contribution < 1.29 is 9.59 Å². The molecule has 0 radical (unpaired) electrons. The molecule has 2 heterocycles. The van der Waals surface area contributed by atoms with Crippen LogP contribution in [0, 0.1) is 0 Å². The van der Waals surface area contributed by atoms with Gasteiger partial charge in [-0.1, -0.05) is 18.2 Å². The summed E-state index contributed by atoms with van der Waals surface area (Å²) < 4.78 is 1.65. The van der Waals surface area contributed by atoms with Crippen molar-refractivity contribution in [2.45, 2.75) is 0 Å². The third-order valence-corrected chi connectivity index (χ3v) is 3.15. The monoisotopic (exact) mass is 270 g/mol. The third kappa shape index (κ3) is 2.40. The number of nitrogens with one attached hydrogen (secondary N) is 1. The van der Waals surface area contributed by atoms with Crippen molar-refractivity contribution in [1.82, 2.24) is 20.0 Å². The molecule has 20 heavy (non-hydrogen) atoms. The smallest absolute Gasteiger partial charge is 0.274 e. The minimum absolute atomic E-state index is 0.0943. The maximum atomic E-state index is 12.3. The number of piperazine rings is 1. The molecule has 0 saturated carbocycles. The number of carbonyl (C=O) groups excluding carboxylic acids is 2. The second-order valence-electron chi connectivity index (χ2n) is 4.56. The van der Waals surface area contributed by atoms with Gasteiger partial charge in [0.25, 0.3) is 5.91 Å². The molecule has 102 valence electrons. The third-order valence-electron chi connectivity index (χ3n) is 3.15. The summed E-state index contributed by atoms with van der Waals surface area (Å²) in [7, 11) is 0. The number of hydrogen-bond donors (Lipinski definition) is 1. The highest BCUT2D eigenvalue weighted by Crippen LogP contribution is 2.09. The van der Waals surface area contributed by atoms with Crippen LogP contribution in [0.5, 0.6) is 0 Å². The van der Waals surface area contributed by atoms with E-state index < -0.39 is 0 Å². The molecule has 1 aromatic heterocycles. The lowest BCUT2D eigenvalue weighted by molar-refractivity contribution is -0.123. The van der Waals surface area contributed by atoms with E-state index in [0.29, 0.717) is 18.8 Å². The fourth-order valence-electron chi connectivity index (χ4n) is 2.14. The predicted octanol–water partition coefficient (Wildman–Crippen LogP) is 0.444. The maximum Gasteiger partial charge on any atom is 0.274 e. The van der Waals surface area contributed by atoms with Crippen molar-refractivity contribution >= 4 is 11.8 Å². The van der Waals surface area contributed by atoms with Crippen molar-refractivity contribution in [3.63, 3.8) is 0 Å². The van der Waals surface area contributed by atoms with Crippen LogP contribution in [-0.2, 0) is 4.79 Å². The van der Waals surface area contributed by atoms with Crippen molar-refractivity contribution in [2.24, 2.45) is 0 Å². The summed E-state index contributed by atoms with van der Waals surface area (Å²) in [5.41, 5.74) is 1.24. The molecule has 3 rings (SSSR count). The summed E-state index contributed by atoms with van der Waals surface area (Å²) in [4.78, 5) is 25.1. The molecular weight excluding hydrogens is 256 g/mol. The van der Waals surface area contributed by atoms with Crippen LogP contribution in [0.25, 0.3) is 5.69 Å².